The van der Waals surface area contributed by atoms with Crippen molar-refractivity contribution in [1.29, 1.82) is 0 Å². The van der Waals surface area contributed by atoms with Gasteiger partial charge in [-0.2, -0.15) is 4.72 Å². The molecule has 2 aromatic carbocycles. The molecule has 1 aliphatic rings. The van der Waals surface area contributed by atoms with E-state index in [1.54, 1.807) is 61.5 Å². The van der Waals surface area contributed by atoms with Gasteiger partial charge in [0, 0.05) is 40.7 Å². The number of nitrogens with one attached hydrogen (secondary N) is 1. The molecular formula is C28H34ClN7O5S2. The molecule has 1 fully saturated rings. The quantitative estimate of drug-likeness (QED) is 0.263. The van der Waals surface area contributed by atoms with E-state index in [1.807, 2.05) is 18.2 Å². The number of urea groups is 1. The molecule has 0 aliphatic carbocycles. The summed E-state index contributed by atoms with van der Waals surface area (Å²) >= 11 is 1.42. The highest BCUT2D eigenvalue weighted by Gasteiger charge is 2.37. The fourth-order valence-corrected chi connectivity index (χ4v) is 7.49. The minimum Gasteiger partial charge on any atom is -0.497 e. The number of aromatic nitrogens is 1. The fourth-order valence-electron chi connectivity index (χ4n) is 5.15. The third-order valence-corrected chi connectivity index (χ3v) is 9.99. The van der Waals surface area contributed by atoms with Gasteiger partial charge in [0.05, 0.1) is 18.6 Å². The van der Waals surface area contributed by atoms with E-state index < -0.39 is 34.2 Å². The number of amides is 3. The summed E-state index contributed by atoms with van der Waals surface area (Å²) in [7, 11) is 0.992. The van der Waals surface area contributed by atoms with Crippen LogP contribution in [0.1, 0.15) is 4.88 Å². The zero-order valence-electron chi connectivity index (χ0n) is 23.9. The van der Waals surface area contributed by atoms with Crippen molar-refractivity contribution in [3.8, 4) is 5.75 Å². The number of halogens is 1. The van der Waals surface area contributed by atoms with Crippen LogP contribution in [-0.4, -0.2) is 93.1 Å². The smallest absolute Gasteiger partial charge is 0.316 e. The normalized spacial score (nSPS) is 16.3. The van der Waals surface area contributed by atoms with E-state index >= 15 is 0 Å². The van der Waals surface area contributed by atoms with Gasteiger partial charge >= 0.3 is 6.03 Å². The van der Waals surface area contributed by atoms with Gasteiger partial charge in [0.25, 0.3) is 0 Å². The van der Waals surface area contributed by atoms with Gasteiger partial charge in [-0.25, -0.2) is 18.2 Å². The number of benzene rings is 2. The number of nitrogens with two attached hydrogens (primary N) is 2. The molecule has 2 atom stereocenters. The van der Waals surface area contributed by atoms with Crippen molar-refractivity contribution in [2.24, 2.45) is 5.73 Å². The van der Waals surface area contributed by atoms with Crippen molar-refractivity contribution in [3.63, 3.8) is 0 Å². The average Bonchev–Trinajstić information content (AvgIpc) is 3.39. The van der Waals surface area contributed by atoms with E-state index in [9.17, 15) is 18.0 Å². The summed E-state index contributed by atoms with van der Waals surface area (Å²) in [5.74, 6) is 0.559. The zero-order chi connectivity index (χ0) is 30.2. The fraction of sp³-hybridized carbons (Fsp3) is 0.321. The third kappa shape index (κ3) is 6.78. The molecule has 0 radical (unpaired) electrons. The van der Waals surface area contributed by atoms with Crippen LogP contribution in [0.3, 0.4) is 0 Å². The first-order valence-electron chi connectivity index (χ1n) is 13.2. The summed E-state index contributed by atoms with van der Waals surface area (Å²) in [6, 6.07) is 12.2. The third-order valence-electron chi connectivity index (χ3n) is 7.40. The second-order valence-corrected chi connectivity index (χ2v) is 13.2. The van der Waals surface area contributed by atoms with Gasteiger partial charge in [0.2, 0.25) is 15.9 Å². The maximum atomic E-state index is 14.0. The number of fused-ring (bicyclic) bond motifs is 2. The van der Waals surface area contributed by atoms with Crippen molar-refractivity contribution >= 4 is 72.4 Å². The minimum absolute atomic E-state index is 0. The van der Waals surface area contributed by atoms with Gasteiger partial charge in [0.1, 0.15) is 23.8 Å². The number of nitrogens with zero attached hydrogens (tertiary/aromatic N) is 4. The van der Waals surface area contributed by atoms with Crippen LogP contribution >= 0.6 is 23.7 Å². The number of ether oxygens (including phenoxy) is 1. The number of carbonyl (C=O) groups excluding carboxylic acids is 2. The number of sulfonamides is 1. The Morgan fingerprint density at radius 3 is 2.56 bits per heavy atom. The number of anilines is 1. The lowest BCUT2D eigenvalue weighted by atomic mass is 10.1. The van der Waals surface area contributed by atoms with E-state index in [4.69, 9.17) is 16.2 Å². The molecule has 1 aliphatic heterocycles. The van der Waals surface area contributed by atoms with Gasteiger partial charge in [0.15, 0.2) is 0 Å². The number of pyridine rings is 1. The summed E-state index contributed by atoms with van der Waals surface area (Å²) in [5, 5.41) is 2.28. The molecular weight excluding hydrogens is 614 g/mol. The lowest BCUT2D eigenvalue weighted by molar-refractivity contribution is -0.137. The van der Waals surface area contributed by atoms with Gasteiger partial charge in [-0.15, -0.1) is 23.7 Å². The number of hydrogen-bond acceptors (Lipinski definition) is 9. The summed E-state index contributed by atoms with van der Waals surface area (Å²) in [5.41, 5.74) is 11.6. The van der Waals surface area contributed by atoms with Crippen LogP contribution in [0.15, 0.2) is 59.6 Å². The van der Waals surface area contributed by atoms with Gasteiger partial charge in [-0.1, -0.05) is 12.1 Å². The predicted octanol–water partition coefficient (Wildman–Crippen LogP) is 2.46. The summed E-state index contributed by atoms with van der Waals surface area (Å²) in [4.78, 5) is 35.8. The highest BCUT2D eigenvalue weighted by atomic mass is 35.5. The van der Waals surface area contributed by atoms with Crippen LogP contribution in [0.25, 0.3) is 20.9 Å². The molecule has 3 heterocycles. The number of methoxy groups -OCH3 is 1. The van der Waals surface area contributed by atoms with Crippen LogP contribution in [-0.2, 0) is 21.2 Å². The summed E-state index contributed by atoms with van der Waals surface area (Å²) < 4.78 is 36.3. The Bertz CT molecular complexity index is 1770. The largest absolute Gasteiger partial charge is 0.497 e. The monoisotopic (exact) mass is 647 g/mol. The molecule has 15 heteroatoms. The lowest BCUT2D eigenvalue weighted by Crippen LogP contribution is -2.64. The highest BCUT2D eigenvalue weighted by molar-refractivity contribution is 7.89. The Labute approximate surface area is 260 Å². The van der Waals surface area contributed by atoms with Crippen molar-refractivity contribution in [1.82, 2.24) is 24.4 Å². The molecule has 2 aromatic heterocycles. The number of carbonyl (C=O) groups is 2. The molecule has 2 unspecified atom stereocenters. The standard InChI is InChI=1S/C28H33N7O5S2.ClH/c1-33(2)25-16-34(10-11-35(25)28(30)37)27(36)23(15-20-14-22-24(41-20)8-9-31-26(22)29)32-42(38,39)21-7-5-17-4-6-19(40-3)12-18(17)13-21;/h4-9,12-14,23,25,32H,10-11,15-16H2,1-3H3,(H2,29,31)(H2,30,37);1H. The van der Waals surface area contributed by atoms with Crippen molar-refractivity contribution in [2.45, 2.75) is 23.5 Å². The Hall–Kier alpha value is -3.69. The Kier molecular flexibility index (Phi) is 9.66. The lowest BCUT2D eigenvalue weighted by Gasteiger charge is -2.44. The van der Waals surface area contributed by atoms with Crippen LogP contribution in [0, 0.1) is 0 Å². The molecule has 5 N–H and O–H groups in total. The molecule has 12 nitrogen and oxygen atoms in total. The summed E-state index contributed by atoms with van der Waals surface area (Å²) in [6.07, 6.45) is 1.25. The number of rotatable bonds is 8. The average molecular weight is 648 g/mol. The van der Waals surface area contributed by atoms with Gasteiger partial charge in [-0.05, 0) is 61.3 Å². The van der Waals surface area contributed by atoms with Crippen molar-refractivity contribution in [2.75, 3.05) is 46.6 Å². The number of likely N-dealkylation sites (N-methyl/N-ethyl adjacent to an activating group) is 1. The zero-order valence-corrected chi connectivity index (χ0v) is 26.3. The number of thiophene rings is 1. The molecule has 3 amide bonds. The molecule has 4 aromatic rings. The van der Waals surface area contributed by atoms with Crippen LogP contribution in [0.4, 0.5) is 10.6 Å². The molecule has 0 saturated carbocycles. The van der Waals surface area contributed by atoms with Crippen molar-refractivity contribution in [3.05, 3.63) is 59.6 Å². The first-order chi connectivity index (χ1) is 20.0. The molecule has 1 saturated heterocycles. The Balaban J connectivity index is 0.00000423. The number of piperazine rings is 1. The molecule has 230 valence electrons. The second-order valence-electron chi connectivity index (χ2n) is 10.3. The summed E-state index contributed by atoms with van der Waals surface area (Å²) in [6.45, 7) is 0.608. The first-order valence-corrected chi connectivity index (χ1v) is 15.5. The molecule has 0 spiro atoms. The van der Waals surface area contributed by atoms with E-state index in [0.717, 1.165) is 20.3 Å². The van der Waals surface area contributed by atoms with E-state index in [1.165, 1.54) is 22.3 Å². The molecule has 0 bridgehead atoms. The van der Waals surface area contributed by atoms with Crippen LogP contribution < -0.4 is 20.9 Å². The van der Waals surface area contributed by atoms with Crippen LogP contribution in [0.5, 0.6) is 5.75 Å². The maximum absolute atomic E-state index is 14.0. The first kappa shape index (κ1) is 32.2. The van der Waals surface area contributed by atoms with Crippen molar-refractivity contribution < 1.29 is 22.7 Å². The van der Waals surface area contributed by atoms with Gasteiger partial charge in [-0.3, -0.25) is 9.69 Å². The topological polar surface area (TPSA) is 164 Å². The number of primary amides is 1. The van der Waals surface area contributed by atoms with E-state index in [0.29, 0.717) is 17.0 Å². The van der Waals surface area contributed by atoms with Gasteiger partial charge < -0.3 is 26.0 Å². The van der Waals surface area contributed by atoms with E-state index in [-0.39, 0.29) is 43.4 Å². The highest BCUT2D eigenvalue weighted by Crippen LogP contribution is 2.30. The van der Waals surface area contributed by atoms with E-state index in [2.05, 4.69) is 9.71 Å². The maximum Gasteiger partial charge on any atom is 0.316 e. The molecule has 5 rings (SSSR count). The Morgan fingerprint density at radius 1 is 1.14 bits per heavy atom. The predicted molar refractivity (Wildman–Crippen MR) is 170 cm³/mol. The molecule has 43 heavy (non-hydrogen) atoms. The number of hydrogen-bond donors (Lipinski definition) is 3. The number of nitrogen functional groups attached to an aromatic ring is 1. The second kappa shape index (κ2) is 12.9. The minimum atomic E-state index is -4.13. The SMILES string of the molecule is COc1ccc2ccc(S(=O)(=O)NC(Cc3cc4c(N)nccc4s3)C(=O)N3CCN(C(N)=O)C(N(C)C)C3)cc2c1.Cl. The van der Waals surface area contributed by atoms with Crippen LogP contribution in [0.2, 0.25) is 0 Å². The Morgan fingerprint density at radius 2 is 1.88 bits per heavy atom.